The number of hydrogen-bond acceptors (Lipinski definition) is 9. The van der Waals surface area contributed by atoms with Gasteiger partial charge in [0.15, 0.2) is 0 Å². The van der Waals surface area contributed by atoms with Crippen LogP contribution >= 0.6 is 0 Å². The highest BCUT2D eigenvalue weighted by molar-refractivity contribution is 7.92. The van der Waals surface area contributed by atoms with E-state index in [9.17, 15) is 18.0 Å². The summed E-state index contributed by atoms with van der Waals surface area (Å²) in [6.07, 6.45) is 0.388. The third kappa shape index (κ3) is 9.65. The van der Waals surface area contributed by atoms with E-state index in [1.165, 1.54) is 45.0 Å². The first-order chi connectivity index (χ1) is 18.5. The quantitative estimate of drug-likeness (QED) is 0.407. The van der Waals surface area contributed by atoms with Crippen LogP contribution in [-0.2, 0) is 19.6 Å². The van der Waals surface area contributed by atoms with Crippen molar-refractivity contribution in [2.24, 2.45) is 0 Å². The van der Waals surface area contributed by atoms with Crippen LogP contribution in [0.5, 0.6) is 0 Å². The fraction of sp³-hybridized carbons (Fsp3) is 0.407. The zero-order valence-electron chi connectivity index (χ0n) is 24.3. The number of amides is 2. The van der Waals surface area contributed by atoms with Gasteiger partial charge in [0, 0.05) is 25.2 Å². The first kappa shape index (κ1) is 32.2. The lowest BCUT2D eigenvalue weighted by Crippen LogP contribution is -2.34. The number of rotatable bonds is 7. The van der Waals surface area contributed by atoms with E-state index in [1.54, 1.807) is 27.7 Å². The number of aryl methyl sites for hydroxylation is 1. The van der Waals surface area contributed by atoms with Crippen LogP contribution in [0.3, 0.4) is 0 Å². The predicted octanol–water partition coefficient (Wildman–Crippen LogP) is 4.35. The Morgan fingerprint density at radius 2 is 1.68 bits per heavy atom. The van der Waals surface area contributed by atoms with Gasteiger partial charge in [0.1, 0.15) is 11.6 Å². The molecule has 3 aromatic rings. The van der Waals surface area contributed by atoms with Crippen molar-refractivity contribution in [1.82, 2.24) is 20.6 Å². The molecule has 0 aliphatic heterocycles. The third-order valence-electron chi connectivity index (χ3n) is 5.32. The molecule has 0 fully saturated rings. The molecule has 2 amide bonds. The van der Waals surface area contributed by atoms with Gasteiger partial charge in [-0.1, -0.05) is 35.9 Å². The monoisotopic (exact) mass is 575 g/mol. The largest absolute Gasteiger partial charge is 0.444 e. The van der Waals surface area contributed by atoms with Crippen LogP contribution in [0.15, 0.2) is 52.9 Å². The van der Waals surface area contributed by atoms with Gasteiger partial charge in [-0.15, -0.1) is 10.2 Å². The molecule has 0 saturated heterocycles. The lowest BCUT2D eigenvalue weighted by Gasteiger charge is -2.20. The normalized spacial score (nSPS) is 12.0. The van der Waals surface area contributed by atoms with Gasteiger partial charge >= 0.3 is 6.09 Å². The van der Waals surface area contributed by atoms with Crippen molar-refractivity contribution in [3.63, 3.8) is 0 Å². The highest BCUT2D eigenvalue weighted by Crippen LogP contribution is 2.28. The maximum Gasteiger partial charge on any atom is 0.408 e. The standard InChI is InChI=1S/C20H29N5O7S.C7H8/c1-12(21-19(27)32-20(2,3)4)16-22-23-17(31-16)13-9-14(18(26)24(5)30-7)11-15(10-13)25(6)33(8,28)29;1-7-5-3-2-4-6-7/h9-12H,1-8H3,(H,21,27);2-6H,1H3. The minimum absolute atomic E-state index is 0.0284. The van der Waals surface area contributed by atoms with Crippen LogP contribution in [0.2, 0.25) is 0 Å². The fourth-order valence-corrected chi connectivity index (χ4v) is 3.59. The Labute approximate surface area is 235 Å². The molecule has 0 bridgehead atoms. The summed E-state index contributed by atoms with van der Waals surface area (Å²) in [6.45, 7) is 8.94. The number of nitrogens with zero attached hydrogens (tertiary/aromatic N) is 4. The molecule has 1 N–H and O–H groups in total. The molecule has 0 spiro atoms. The molecule has 1 aromatic heterocycles. The summed E-state index contributed by atoms with van der Waals surface area (Å²) in [5.41, 5.74) is 1.31. The Hall–Kier alpha value is -3.97. The zero-order valence-corrected chi connectivity index (χ0v) is 25.1. The van der Waals surface area contributed by atoms with E-state index in [0.29, 0.717) is 5.56 Å². The summed E-state index contributed by atoms with van der Waals surface area (Å²) in [7, 11) is 0.494. The number of alkyl carbamates (subject to hydrolysis) is 1. The number of nitrogens with one attached hydrogen (secondary N) is 1. The van der Waals surface area contributed by atoms with Crippen molar-refractivity contribution in [3.8, 4) is 11.5 Å². The lowest BCUT2D eigenvalue weighted by atomic mass is 10.1. The minimum Gasteiger partial charge on any atom is -0.444 e. The number of hydroxylamine groups is 2. The topological polar surface area (TPSA) is 144 Å². The van der Waals surface area contributed by atoms with Crippen LogP contribution < -0.4 is 9.62 Å². The molecule has 1 unspecified atom stereocenters. The van der Waals surface area contributed by atoms with Crippen molar-refractivity contribution in [2.45, 2.75) is 46.3 Å². The highest BCUT2D eigenvalue weighted by Gasteiger charge is 2.24. The number of carbonyl (C=O) groups is 2. The van der Waals surface area contributed by atoms with Gasteiger partial charge in [0.2, 0.25) is 21.8 Å². The maximum atomic E-state index is 12.6. The molecule has 1 atom stereocenters. The second kappa shape index (κ2) is 13.4. The van der Waals surface area contributed by atoms with E-state index in [2.05, 4.69) is 34.6 Å². The summed E-state index contributed by atoms with van der Waals surface area (Å²) < 4.78 is 36.0. The van der Waals surface area contributed by atoms with E-state index in [4.69, 9.17) is 14.0 Å². The number of ether oxygens (including phenoxy) is 1. The number of benzene rings is 2. The van der Waals surface area contributed by atoms with Gasteiger partial charge in [-0.25, -0.2) is 18.3 Å². The molecule has 40 heavy (non-hydrogen) atoms. The van der Waals surface area contributed by atoms with Crippen molar-refractivity contribution in [3.05, 3.63) is 65.5 Å². The van der Waals surface area contributed by atoms with Gasteiger partial charge in [-0.3, -0.25) is 13.9 Å². The Morgan fingerprint density at radius 1 is 1.05 bits per heavy atom. The van der Waals surface area contributed by atoms with Crippen LogP contribution in [0.25, 0.3) is 11.5 Å². The summed E-state index contributed by atoms with van der Waals surface area (Å²) in [6, 6.07) is 14.0. The first-order valence-electron chi connectivity index (χ1n) is 12.3. The number of anilines is 1. The van der Waals surface area contributed by atoms with E-state index in [-0.39, 0.29) is 23.0 Å². The smallest absolute Gasteiger partial charge is 0.408 e. The van der Waals surface area contributed by atoms with E-state index in [1.807, 2.05) is 18.2 Å². The molecule has 13 heteroatoms. The van der Waals surface area contributed by atoms with Crippen LogP contribution in [-0.4, -0.2) is 68.7 Å². The molecule has 0 aliphatic rings. The molecule has 12 nitrogen and oxygen atoms in total. The SMILES string of the molecule is CON(C)C(=O)c1cc(-c2nnc(C(C)NC(=O)OC(C)(C)C)o2)cc(N(C)S(C)(=O)=O)c1.Cc1ccccc1. The fourth-order valence-electron chi connectivity index (χ4n) is 3.10. The zero-order chi connectivity index (χ0) is 30.3. The van der Waals surface area contributed by atoms with Gasteiger partial charge in [-0.05, 0) is 52.8 Å². The molecule has 1 heterocycles. The Bertz CT molecular complexity index is 1400. The Kier molecular flexibility index (Phi) is 10.8. The van der Waals surface area contributed by atoms with E-state index in [0.717, 1.165) is 15.6 Å². The molecule has 218 valence electrons. The van der Waals surface area contributed by atoms with Crippen molar-refractivity contribution < 1.29 is 32.0 Å². The Morgan fingerprint density at radius 3 is 2.17 bits per heavy atom. The summed E-state index contributed by atoms with van der Waals surface area (Å²) >= 11 is 0. The average molecular weight is 576 g/mol. The van der Waals surface area contributed by atoms with Crippen LogP contribution in [0, 0.1) is 6.92 Å². The van der Waals surface area contributed by atoms with Crippen molar-refractivity contribution in [2.75, 3.05) is 31.8 Å². The number of hydrogen-bond donors (Lipinski definition) is 1. The lowest BCUT2D eigenvalue weighted by molar-refractivity contribution is -0.0756. The molecule has 0 saturated carbocycles. The molecular weight excluding hydrogens is 538 g/mol. The van der Waals surface area contributed by atoms with Gasteiger partial charge in [0.05, 0.1) is 19.1 Å². The minimum atomic E-state index is -3.61. The van der Waals surface area contributed by atoms with Gasteiger partial charge < -0.3 is 14.5 Å². The highest BCUT2D eigenvalue weighted by atomic mass is 32.2. The molecular formula is C27H37N5O7S. The second-order valence-corrected chi connectivity index (χ2v) is 12.0. The first-order valence-corrected chi connectivity index (χ1v) is 14.1. The summed E-state index contributed by atoms with van der Waals surface area (Å²) in [5.74, 6) is -0.387. The van der Waals surface area contributed by atoms with Crippen molar-refractivity contribution >= 4 is 27.7 Å². The number of aromatic nitrogens is 2. The third-order valence-corrected chi connectivity index (χ3v) is 6.52. The van der Waals surface area contributed by atoms with Crippen LogP contribution in [0.1, 0.15) is 55.5 Å². The molecule has 0 radical (unpaired) electrons. The number of sulfonamides is 1. The average Bonchev–Trinajstić information content (AvgIpc) is 3.37. The van der Waals surface area contributed by atoms with Gasteiger partial charge in [-0.2, -0.15) is 0 Å². The van der Waals surface area contributed by atoms with Crippen molar-refractivity contribution in [1.29, 1.82) is 0 Å². The molecule has 0 aliphatic carbocycles. The number of carbonyl (C=O) groups excluding carboxylic acids is 2. The summed E-state index contributed by atoms with van der Waals surface area (Å²) in [5, 5.41) is 11.5. The van der Waals surface area contributed by atoms with E-state index >= 15 is 0 Å². The van der Waals surface area contributed by atoms with Crippen LogP contribution in [0.4, 0.5) is 10.5 Å². The predicted molar refractivity (Wildman–Crippen MR) is 151 cm³/mol. The Balaban J connectivity index is 0.000000693. The summed E-state index contributed by atoms with van der Waals surface area (Å²) in [4.78, 5) is 29.6. The molecule has 3 rings (SSSR count). The second-order valence-electron chi connectivity index (χ2n) is 9.95. The molecule has 2 aromatic carbocycles. The maximum absolute atomic E-state index is 12.6. The van der Waals surface area contributed by atoms with E-state index < -0.39 is 33.7 Å². The van der Waals surface area contributed by atoms with Gasteiger partial charge in [0.25, 0.3) is 5.91 Å².